The highest BCUT2D eigenvalue weighted by atomic mass is 35.5. The van der Waals surface area contributed by atoms with Crippen molar-refractivity contribution in [1.82, 2.24) is 20.8 Å². The van der Waals surface area contributed by atoms with Crippen LogP contribution in [0.1, 0.15) is 44.2 Å². The molecule has 1 unspecified atom stereocenters. The van der Waals surface area contributed by atoms with Gasteiger partial charge in [0.1, 0.15) is 5.02 Å². The van der Waals surface area contributed by atoms with Gasteiger partial charge in [-0.2, -0.15) is 5.10 Å². The number of nitrogens with zero attached hydrogens (tertiary/aromatic N) is 2. The summed E-state index contributed by atoms with van der Waals surface area (Å²) in [6.45, 7) is 3.18. The first-order valence-electron chi connectivity index (χ1n) is 8.61. The van der Waals surface area contributed by atoms with E-state index in [2.05, 4.69) is 20.8 Å². The highest BCUT2D eigenvalue weighted by Gasteiger charge is 2.28. The quantitative estimate of drug-likeness (QED) is 0.774. The van der Waals surface area contributed by atoms with Gasteiger partial charge in [0.05, 0.1) is 11.4 Å². The minimum absolute atomic E-state index is 0.0448. The van der Waals surface area contributed by atoms with E-state index in [9.17, 15) is 9.59 Å². The van der Waals surface area contributed by atoms with Gasteiger partial charge in [-0.1, -0.05) is 30.9 Å². The molecule has 1 aromatic rings. The first kappa shape index (κ1) is 17.1. The molecule has 2 aliphatic rings. The number of hydrogen-bond donors (Lipinski definition) is 3. The standard InChI is InChI=1S/C16H24ClN5O2/c1-10-14(13(17)15(23)21-20-10)22-8-7-12(9-22)19-16(24)18-11-5-3-2-4-6-11/h11-12H,2-9H2,1H3,(H,21,23)(H2,18,19,24). The number of carbonyl (C=O) groups is 1. The van der Waals surface area contributed by atoms with E-state index in [1.807, 2.05) is 11.8 Å². The summed E-state index contributed by atoms with van der Waals surface area (Å²) in [4.78, 5) is 25.9. The molecular formula is C16H24ClN5O2. The molecule has 0 bridgehead atoms. The Morgan fingerprint density at radius 2 is 1.92 bits per heavy atom. The summed E-state index contributed by atoms with van der Waals surface area (Å²) in [5.41, 5.74) is 0.966. The maximum atomic E-state index is 12.2. The molecule has 0 aromatic carbocycles. The SMILES string of the molecule is Cc1n[nH]c(=O)c(Cl)c1N1CCC(NC(=O)NC2CCCCC2)C1. The van der Waals surface area contributed by atoms with E-state index in [1.54, 1.807) is 0 Å². The number of aromatic nitrogens is 2. The molecule has 2 fully saturated rings. The Hall–Kier alpha value is -1.76. The molecule has 1 saturated carbocycles. The average molecular weight is 354 g/mol. The lowest BCUT2D eigenvalue weighted by atomic mass is 9.96. The summed E-state index contributed by atoms with van der Waals surface area (Å²) in [5.74, 6) is 0. The number of nitrogens with one attached hydrogen (secondary N) is 3. The zero-order valence-corrected chi connectivity index (χ0v) is 14.7. The fourth-order valence-electron chi connectivity index (χ4n) is 3.61. The molecule has 3 N–H and O–H groups in total. The smallest absolute Gasteiger partial charge is 0.315 e. The maximum absolute atomic E-state index is 12.2. The van der Waals surface area contributed by atoms with Gasteiger partial charge in [-0.3, -0.25) is 4.79 Å². The molecule has 1 aliphatic heterocycles. The summed E-state index contributed by atoms with van der Waals surface area (Å²) in [6, 6.07) is 0.244. The minimum atomic E-state index is -0.385. The molecule has 8 heteroatoms. The van der Waals surface area contributed by atoms with Gasteiger partial charge in [0, 0.05) is 25.2 Å². The van der Waals surface area contributed by atoms with Crippen LogP contribution in [0.5, 0.6) is 0 Å². The van der Waals surface area contributed by atoms with Gasteiger partial charge < -0.3 is 15.5 Å². The molecule has 3 rings (SSSR count). The molecule has 0 radical (unpaired) electrons. The van der Waals surface area contributed by atoms with Crippen LogP contribution in [0.4, 0.5) is 10.5 Å². The van der Waals surface area contributed by atoms with E-state index >= 15 is 0 Å². The lowest BCUT2D eigenvalue weighted by molar-refractivity contribution is 0.229. The van der Waals surface area contributed by atoms with Crippen molar-refractivity contribution in [2.45, 2.75) is 57.5 Å². The number of amides is 2. The van der Waals surface area contributed by atoms with Crippen molar-refractivity contribution in [2.75, 3.05) is 18.0 Å². The van der Waals surface area contributed by atoms with E-state index < -0.39 is 0 Å². The molecule has 1 aliphatic carbocycles. The molecule has 0 spiro atoms. The predicted molar refractivity (Wildman–Crippen MR) is 93.8 cm³/mol. The number of hydrogen-bond acceptors (Lipinski definition) is 4. The van der Waals surface area contributed by atoms with Crippen molar-refractivity contribution in [3.63, 3.8) is 0 Å². The van der Waals surface area contributed by atoms with Crippen LogP contribution in [0.2, 0.25) is 5.02 Å². The van der Waals surface area contributed by atoms with Gasteiger partial charge in [0.15, 0.2) is 0 Å². The van der Waals surface area contributed by atoms with Crippen molar-refractivity contribution >= 4 is 23.3 Å². The normalized spacial score (nSPS) is 21.8. The molecule has 132 valence electrons. The van der Waals surface area contributed by atoms with Gasteiger partial charge in [0.25, 0.3) is 5.56 Å². The van der Waals surface area contributed by atoms with Crippen molar-refractivity contribution in [3.8, 4) is 0 Å². The first-order valence-corrected chi connectivity index (χ1v) is 8.99. The van der Waals surface area contributed by atoms with Crippen LogP contribution in [0.15, 0.2) is 4.79 Å². The monoisotopic (exact) mass is 353 g/mol. The van der Waals surface area contributed by atoms with Gasteiger partial charge in [0.2, 0.25) is 0 Å². The van der Waals surface area contributed by atoms with Crippen LogP contribution in [0.3, 0.4) is 0 Å². The van der Waals surface area contributed by atoms with Gasteiger partial charge in [-0.05, 0) is 26.2 Å². The zero-order valence-electron chi connectivity index (χ0n) is 13.9. The minimum Gasteiger partial charge on any atom is -0.367 e. The summed E-state index contributed by atoms with van der Waals surface area (Å²) in [5, 5.41) is 12.6. The van der Waals surface area contributed by atoms with Crippen LogP contribution < -0.4 is 21.1 Å². The van der Waals surface area contributed by atoms with Gasteiger partial charge in [-0.15, -0.1) is 0 Å². The van der Waals surface area contributed by atoms with E-state index in [-0.39, 0.29) is 22.7 Å². The second-order valence-corrected chi connectivity index (χ2v) is 7.06. The molecule has 1 saturated heterocycles. The van der Waals surface area contributed by atoms with Crippen molar-refractivity contribution in [2.24, 2.45) is 0 Å². The summed E-state index contributed by atoms with van der Waals surface area (Å²) >= 11 is 6.14. The van der Waals surface area contributed by atoms with Crippen molar-refractivity contribution in [3.05, 3.63) is 21.1 Å². The van der Waals surface area contributed by atoms with Gasteiger partial charge in [-0.25, -0.2) is 9.89 Å². The topological polar surface area (TPSA) is 90.1 Å². The number of aromatic amines is 1. The summed E-state index contributed by atoms with van der Waals surface area (Å²) in [7, 11) is 0. The number of H-pyrrole nitrogens is 1. The lowest BCUT2D eigenvalue weighted by Gasteiger charge is -2.24. The van der Waals surface area contributed by atoms with E-state index in [1.165, 1.54) is 19.3 Å². The van der Waals surface area contributed by atoms with E-state index in [0.29, 0.717) is 24.0 Å². The van der Waals surface area contributed by atoms with Crippen LogP contribution >= 0.6 is 11.6 Å². The highest BCUT2D eigenvalue weighted by Crippen LogP contribution is 2.28. The number of anilines is 1. The number of urea groups is 1. The number of carbonyl (C=O) groups excluding carboxylic acids is 1. The average Bonchev–Trinajstić information content (AvgIpc) is 3.00. The van der Waals surface area contributed by atoms with Crippen molar-refractivity contribution in [1.29, 1.82) is 0 Å². The Morgan fingerprint density at radius 3 is 2.67 bits per heavy atom. The third kappa shape index (κ3) is 3.83. The molecular weight excluding hydrogens is 330 g/mol. The zero-order chi connectivity index (χ0) is 17.1. The van der Waals surface area contributed by atoms with Crippen LogP contribution in [-0.4, -0.2) is 41.4 Å². The van der Waals surface area contributed by atoms with E-state index in [0.717, 1.165) is 25.8 Å². The third-order valence-corrected chi connectivity index (χ3v) is 5.21. The van der Waals surface area contributed by atoms with E-state index in [4.69, 9.17) is 11.6 Å². The highest BCUT2D eigenvalue weighted by molar-refractivity contribution is 6.33. The Bertz CT molecular complexity index is 656. The second kappa shape index (κ2) is 7.42. The maximum Gasteiger partial charge on any atom is 0.315 e. The van der Waals surface area contributed by atoms with Crippen LogP contribution in [-0.2, 0) is 0 Å². The summed E-state index contributed by atoms with van der Waals surface area (Å²) < 4.78 is 0. The summed E-state index contributed by atoms with van der Waals surface area (Å²) in [6.07, 6.45) is 6.60. The van der Waals surface area contributed by atoms with Crippen LogP contribution in [0.25, 0.3) is 0 Å². The molecule has 2 amide bonds. The molecule has 1 atom stereocenters. The van der Waals surface area contributed by atoms with Gasteiger partial charge >= 0.3 is 6.03 Å². The second-order valence-electron chi connectivity index (χ2n) is 6.69. The number of aryl methyl sites for hydroxylation is 1. The Kier molecular flexibility index (Phi) is 5.28. The van der Waals surface area contributed by atoms with Crippen LogP contribution in [0, 0.1) is 6.92 Å². The Morgan fingerprint density at radius 1 is 1.21 bits per heavy atom. The molecule has 1 aromatic heterocycles. The number of rotatable bonds is 3. The third-order valence-electron chi connectivity index (χ3n) is 4.86. The largest absolute Gasteiger partial charge is 0.367 e. The predicted octanol–water partition coefficient (Wildman–Crippen LogP) is 1.94. The Labute approximate surface area is 146 Å². The molecule has 24 heavy (non-hydrogen) atoms. The fourth-order valence-corrected chi connectivity index (χ4v) is 3.91. The number of halogens is 1. The fraction of sp³-hybridized carbons (Fsp3) is 0.688. The molecule has 2 heterocycles. The Balaban J connectivity index is 1.57. The first-order chi connectivity index (χ1) is 11.5. The molecule has 7 nitrogen and oxygen atoms in total. The lowest BCUT2D eigenvalue weighted by Crippen LogP contribution is -2.47. The van der Waals surface area contributed by atoms with Crippen molar-refractivity contribution < 1.29 is 4.79 Å².